The molecule has 2 aromatic rings. The molecule has 7 nitrogen and oxygen atoms in total. The van der Waals surface area contributed by atoms with Crippen LogP contribution in [0.2, 0.25) is 0 Å². The number of amides is 1. The molecule has 1 aromatic carbocycles. The van der Waals surface area contributed by atoms with Crippen molar-refractivity contribution in [3.05, 3.63) is 54.0 Å². The van der Waals surface area contributed by atoms with E-state index in [-0.39, 0.29) is 17.7 Å². The first kappa shape index (κ1) is 24.6. The van der Waals surface area contributed by atoms with Crippen LogP contribution in [0, 0.1) is 0 Å². The lowest BCUT2D eigenvalue weighted by Crippen LogP contribution is -2.47. The normalized spacial score (nSPS) is 19.2. The van der Waals surface area contributed by atoms with Gasteiger partial charge in [-0.3, -0.25) is 15.0 Å². The third kappa shape index (κ3) is 6.52. The lowest BCUT2D eigenvalue weighted by Gasteiger charge is -2.36. The van der Waals surface area contributed by atoms with E-state index < -0.39 is 12.2 Å². The maximum absolute atomic E-state index is 13.5. The molecule has 2 saturated heterocycles. The summed E-state index contributed by atoms with van der Waals surface area (Å²) in [5, 5.41) is 5.68. The number of hydrogen-bond acceptors (Lipinski definition) is 6. The van der Waals surface area contributed by atoms with Gasteiger partial charge in [0, 0.05) is 56.6 Å². The van der Waals surface area contributed by atoms with E-state index in [1.165, 1.54) is 18.4 Å². The van der Waals surface area contributed by atoms with Crippen molar-refractivity contribution < 1.29 is 27.1 Å². The van der Waals surface area contributed by atoms with E-state index in [0.717, 1.165) is 38.5 Å². The van der Waals surface area contributed by atoms with E-state index in [2.05, 4.69) is 20.4 Å². The van der Waals surface area contributed by atoms with E-state index in [1.807, 2.05) is 12.1 Å². The van der Waals surface area contributed by atoms with Gasteiger partial charge in [0.2, 0.25) is 0 Å². The molecule has 34 heavy (non-hydrogen) atoms. The second kappa shape index (κ2) is 11.2. The van der Waals surface area contributed by atoms with E-state index in [1.54, 1.807) is 12.1 Å². The molecular formula is C24H31F3N4O3. The van der Waals surface area contributed by atoms with E-state index >= 15 is 0 Å². The molecule has 0 spiro atoms. The maximum atomic E-state index is 13.5. The molecular weight excluding hydrogens is 449 g/mol. The van der Waals surface area contributed by atoms with Gasteiger partial charge in [-0.05, 0) is 49.2 Å². The molecule has 0 saturated carbocycles. The zero-order valence-corrected chi connectivity index (χ0v) is 19.0. The van der Waals surface area contributed by atoms with Crippen LogP contribution in [0.15, 0.2) is 47.1 Å². The number of piperidine rings is 1. The summed E-state index contributed by atoms with van der Waals surface area (Å²) in [5.74, 6) is -0.229. The number of nitrogens with one attached hydrogen (secondary N) is 2. The number of carbonyl (C=O) groups is 1. The largest absolute Gasteiger partial charge is 0.467 e. The monoisotopic (exact) mass is 480 g/mol. The van der Waals surface area contributed by atoms with E-state index in [0.29, 0.717) is 38.0 Å². The molecule has 2 fully saturated rings. The molecule has 1 amide bonds. The number of alkyl halides is 3. The highest BCUT2D eigenvalue weighted by molar-refractivity contribution is 5.94. The van der Waals surface area contributed by atoms with Gasteiger partial charge in [-0.1, -0.05) is 0 Å². The standard InChI is InChI=1S/C24H31F3N4O3/c25-24(26,27)22(21-2-1-15-34-21)29-19-7-10-31(11-8-19)20-5-3-18(4-6-20)23(32)28-9-12-30-13-16-33-17-14-30/h1-6,15,19,22,29H,7-14,16-17H2,(H,28,32)/t22-/m0/s1. The number of halogens is 3. The topological polar surface area (TPSA) is 70.0 Å². The SMILES string of the molecule is O=C(NCCN1CCOCC1)c1ccc(N2CCC(N[C@@H](c3ccco3)C(F)(F)F)CC2)cc1. The Balaban J connectivity index is 1.24. The molecule has 2 N–H and O–H groups in total. The summed E-state index contributed by atoms with van der Waals surface area (Å²) in [6.45, 7) is 5.87. The van der Waals surface area contributed by atoms with Crippen LogP contribution in [-0.2, 0) is 4.74 Å². The highest BCUT2D eigenvalue weighted by atomic mass is 19.4. The van der Waals surface area contributed by atoms with Crippen molar-refractivity contribution in [1.82, 2.24) is 15.5 Å². The molecule has 0 aliphatic carbocycles. The van der Waals surface area contributed by atoms with Crippen molar-refractivity contribution in [3.63, 3.8) is 0 Å². The third-order valence-corrected chi connectivity index (χ3v) is 6.36. The van der Waals surface area contributed by atoms with Crippen molar-refractivity contribution in [2.75, 3.05) is 57.4 Å². The van der Waals surface area contributed by atoms with Crippen molar-refractivity contribution in [3.8, 4) is 0 Å². The van der Waals surface area contributed by atoms with Crippen molar-refractivity contribution in [1.29, 1.82) is 0 Å². The smallest absolute Gasteiger partial charge is 0.411 e. The van der Waals surface area contributed by atoms with Gasteiger partial charge in [0.25, 0.3) is 5.91 Å². The Bertz CT molecular complexity index is 891. The second-order valence-electron chi connectivity index (χ2n) is 8.67. The molecule has 2 aliphatic heterocycles. The van der Waals surface area contributed by atoms with Gasteiger partial charge in [-0.15, -0.1) is 0 Å². The first-order valence-electron chi connectivity index (χ1n) is 11.7. The van der Waals surface area contributed by atoms with Crippen LogP contribution < -0.4 is 15.5 Å². The number of carbonyl (C=O) groups excluding carboxylic acids is 1. The van der Waals surface area contributed by atoms with Gasteiger partial charge < -0.3 is 19.4 Å². The van der Waals surface area contributed by atoms with Crippen molar-refractivity contribution in [2.24, 2.45) is 0 Å². The predicted molar refractivity (Wildman–Crippen MR) is 122 cm³/mol. The molecule has 10 heteroatoms. The van der Waals surface area contributed by atoms with Crippen LogP contribution in [-0.4, -0.2) is 75.5 Å². The fourth-order valence-electron chi connectivity index (χ4n) is 4.41. The van der Waals surface area contributed by atoms with Gasteiger partial charge in [0.15, 0.2) is 6.04 Å². The number of anilines is 1. The average molecular weight is 481 g/mol. The third-order valence-electron chi connectivity index (χ3n) is 6.36. The van der Waals surface area contributed by atoms with Crippen molar-refractivity contribution >= 4 is 11.6 Å². The zero-order valence-electron chi connectivity index (χ0n) is 19.0. The maximum Gasteiger partial charge on any atom is 0.411 e. The highest BCUT2D eigenvalue weighted by Crippen LogP contribution is 2.34. The summed E-state index contributed by atoms with van der Waals surface area (Å²) < 4.78 is 50.8. The summed E-state index contributed by atoms with van der Waals surface area (Å²) in [7, 11) is 0. The van der Waals surface area contributed by atoms with Gasteiger partial charge in [-0.25, -0.2) is 0 Å². The van der Waals surface area contributed by atoms with Crippen LogP contribution >= 0.6 is 0 Å². The fraction of sp³-hybridized carbons (Fsp3) is 0.542. The number of morpholine rings is 1. The highest BCUT2D eigenvalue weighted by Gasteiger charge is 2.44. The van der Waals surface area contributed by atoms with Crippen LogP contribution in [0.4, 0.5) is 18.9 Å². The van der Waals surface area contributed by atoms with Crippen LogP contribution in [0.3, 0.4) is 0 Å². The quantitative estimate of drug-likeness (QED) is 0.605. The van der Waals surface area contributed by atoms with Crippen molar-refractivity contribution in [2.45, 2.75) is 31.1 Å². The van der Waals surface area contributed by atoms with E-state index in [9.17, 15) is 18.0 Å². The van der Waals surface area contributed by atoms with Crippen LogP contribution in [0.1, 0.15) is 35.0 Å². The fourth-order valence-corrected chi connectivity index (χ4v) is 4.41. The molecule has 3 heterocycles. The molecule has 4 rings (SSSR count). The summed E-state index contributed by atoms with van der Waals surface area (Å²) in [4.78, 5) is 16.8. The number of rotatable bonds is 8. The van der Waals surface area contributed by atoms with Gasteiger partial charge in [-0.2, -0.15) is 13.2 Å². The van der Waals surface area contributed by atoms with Gasteiger partial charge in [0.05, 0.1) is 19.5 Å². The number of ether oxygens (including phenoxy) is 1. The second-order valence-corrected chi connectivity index (χ2v) is 8.67. The Morgan fingerprint density at radius 3 is 2.38 bits per heavy atom. The Labute approximate surface area is 197 Å². The van der Waals surface area contributed by atoms with Gasteiger partial charge >= 0.3 is 6.18 Å². The molecule has 186 valence electrons. The minimum atomic E-state index is -4.42. The number of furan rings is 1. The molecule has 0 unspecified atom stereocenters. The Morgan fingerprint density at radius 2 is 1.76 bits per heavy atom. The number of benzene rings is 1. The summed E-state index contributed by atoms with van der Waals surface area (Å²) in [5.41, 5.74) is 1.55. The molecule has 1 aromatic heterocycles. The summed E-state index contributed by atoms with van der Waals surface area (Å²) in [6.07, 6.45) is -2.01. The van der Waals surface area contributed by atoms with E-state index in [4.69, 9.17) is 9.15 Å². The first-order chi connectivity index (χ1) is 16.4. The minimum absolute atomic E-state index is 0.112. The summed E-state index contributed by atoms with van der Waals surface area (Å²) >= 11 is 0. The Kier molecular flexibility index (Phi) is 8.12. The summed E-state index contributed by atoms with van der Waals surface area (Å²) in [6, 6.07) is 8.12. The van der Waals surface area contributed by atoms with Crippen LogP contribution in [0.25, 0.3) is 0 Å². The minimum Gasteiger partial charge on any atom is -0.467 e. The lowest BCUT2D eigenvalue weighted by atomic mass is 10.0. The Hall–Kier alpha value is -2.56. The zero-order chi connectivity index (χ0) is 24.0. The average Bonchev–Trinajstić information content (AvgIpc) is 3.37. The van der Waals surface area contributed by atoms with Crippen LogP contribution in [0.5, 0.6) is 0 Å². The lowest BCUT2D eigenvalue weighted by molar-refractivity contribution is -0.163. The predicted octanol–water partition coefficient (Wildman–Crippen LogP) is 3.20. The number of hydrogen-bond donors (Lipinski definition) is 2. The molecule has 2 aliphatic rings. The molecule has 0 bridgehead atoms. The first-order valence-corrected chi connectivity index (χ1v) is 11.7. The molecule has 1 atom stereocenters. The van der Waals surface area contributed by atoms with Gasteiger partial charge in [0.1, 0.15) is 5.76 Å². The number of nitrogens with zero attached hydrogens (tertiary/aromatic N) is 2. The molecule has 0 radical (unpaired) electrons. The Morgan fingerprint density at radius 1 is 1.06 bits per heavy atom.